The van der Waals surface area contributed by atoms with Crippen molar-refractivity contribution < 1.29 is 13.2 Å². The average molecular weight is 427 g/mol. The number of sulfonamides is 1. The standard InChI is InChI=1S/C14H20BrN3O3S.ClH/c1-11-10-16-7-8-18(11)14(19)5-6-17-22(20,21)13-4-2-3-12(15)9-13;/h2-4,9,11,16-17H,5-8,10H2,1H3;1H/t11-;/m0./s1. The molecule has 2 rings (SSSR count). The molecule has 1 saturated heterocycles. The Labute approximate surface area is 151 Å². The first-order chi connectivity index (χ1) is 10.4. The van der Waals surface area contributed by atoms with E-state index in [-0.39, 0.29) is 42.2 Å². The molecule has 6 nitrogen and oxygen atoms in total. The summed E-state index contributed by atoms with van der Waals surface area (Å²) < 4.78 is 27.5. The van der Waals surface area contributed by atoms with E-state index in [0.717, 1.165) is 13.1 Å². The maximum atomic E-state index is 12.1. The zero-order valence-corrected chi connectivity index (χ0v) is 16.0. The van der Waals surface area contributed by atoms with E-state index in [9.17, 15) is 13.2 Å². The van der Waals surface area contributed by atoms with Crippen molar-refractivity contribution in [3.63, 3.8) is 0 Å². The number of carbonyl (C=O) groups is 1. The van der Waals surface area contributed by atoms with Crippen LogP contribution in [0.4, 0.5) is 0 Å². The van der Waals surface area contributed by atoms with Gasteiger partial charge < -0.3 is 10.2 Å². The van der Waals surface area contributed by atoms with E-state index in [1.165, 1.54) is 12.1 Å². The summed E-state index contributed by atoms with van der Waals surface area (Å²) in [5.41, 5.74) is 0. The first kappa shape index (κ1) is 20.4. The molecule has 9 heteroatoms. The molecule has 1 aliphatic heterocycles. The summed E-state index contributed by atoms with van der Waals surface area (Å²) in [6.45, 7) is 4.30. The summed E-state index contributed by atoms with van der Waals surface area (Å²) in [6, 6.07) is 6.61. The first-order valence-electron chi connectivity index (χ1n) is 7.15. The largest absolute Gasteiger partial charge is 0.337 e. The zero-order valence-electron chi connectivity index (χ0n) is 12.8. The maximum absolute atomic E-state index is 12.1. The lowest BCUT2D eigenvalue weighted by molar-refractivity contribution is -0.133. The van der Waals surface area contributed by atoms with Gasteiger partial charge in [-0.25, -0.2) is 13.1 Å². The molecular weight excluding hydrogens is 406 g/mol. The van der Waals surface area contributed by atoms with Crippen molar-refractivity contribution in [3.05, 3.63) is 28.7 Å². The third-order valence-electron chi connectivity index (χ3n) is 3.56. The van der Waals surface area contributed by atoms with Crippen LogP contribution in [-0.2, 0) is 14.8 Å². The number of amides is 1. The van der Waals surface area contributed by atoms with Gasteiger partial charge in [0.25, 0.3) is 0 Å². The second kappa shape index (κ2) is 8.98. The average Bonchev–Trinajstić information content (AvgIpc) is 2.47. The van der Waals surface area contributed by atoms with Gasteiger partial charge in [-0.05, 0) is 25.1 Å². The van der Waals surface area contributed by atoms with E-state index in [2.05, 4.69) is 26.0 Å². The van der Waals surface area contributed by atoms with Gasteiger partial charge >= 0.3 is 0 Å². The van der Waals surface area contributed by atoms with Crippen molar-refractivity contribution in [2.45, 2.75) is 24.3 Å². The highest BCUT2D eigenvalue weighted by Crippen LogP contribution is 2.15. The highest BCUT2D eigenvalue weighted by Gasteiger charge is 2.23. The molecule has 0 bridgehead atoms. The number of benzene rings is 1. The first-order valence-corrected chi connectivity index (χ1v) is 9.43. The summed E-state index contributed by atoms with van der Waals surface area (Å²) in [6.07, 6.45) is 0.164. The molecule has 0 aliphatic carbocycles. The van der Waals surface area contributed by atoms with Crippen LogP contribution in [0.25, 0.3) is 0 Å². The molecule has 1 aromatic rings. The monoisotopic (exact) mass is 425 g/mol. The van der Waals surface area contributed by atoms with Crippen molar-refractivity contribution >= 4 is 44.3 Å². The Morgan fingerprint density at radius 3 is 2.87 bits per heavy atom. The molecule has 0 radical (unpaired) electrons. The lowest BCUT2D eigenvalue weighted by Crippen LogP contribution is -2.52. The van der Waals surface area contributed by atoms with Crippen LogP contribution < -0.4 is 10.0 Å². The van der Waals surface area contributed by atoms with Gasteiger partial charge in [0.15, 0.2) is 0 Å². The Bertz CT molecular complexity index is 642. The quantitative estimate of drug-likeness (QED) is 0.745. The van der Waals surface area contributed by atoms with E-state index < -0.39 is 10.0 Å². The van der Waals surface area contributed by atoms with Crippen molar-refractivity contribution in [2.24, 2.45) is 0 Å². The van der Waals surface area contributed by atoms with Gasteiger partial charge in [-0.1, -0.05) is 22.0 Å². The minimum absolute atomic E-state index is 0. The molecule has 1 heterocycles. The Morgan fingerprint density at radius 1 is 1.48 bits per heavy atom. The van der Waals surface area contributed by atoms with Gasteiger partial charge in [-0.3, -0.25) is 4.79 Å². The zero-order chi connectivity index (χ0) is 16.2. The second-order valence-electron chi connectivity index (χ2n) is 5.25. The van der Waals surface area contributed by atoms with E-state index in [4.69, 9.17) is 0 Å². The van der Waals surface area contributed by atoms with E-state index >= 15 is 0 Å². The molecule has 1 fully saturated rings. The highest BCUT2D eigenvalue weighted by molar-refractivity contribution is 9.10. The molecule has 1 amide bonds. The number of hydrogen-bond donors (Lipinski definition) is 2. The van der Waals surface area contributed by atoms with Crippen molar-refractivity contribution in [1.82, 2.24) is 14.9 Å². The number of nitrogens with one attached hydrogen (secondary N) is 2. The van der Waals surface area contributed by atoms with E-state index in [0.29, 0.717) is 11.0 Å². The van der Waals surface area contributed by atoms with Crippen LogP contribution in [0.2, 0.25) is 0 Å². The third-order valence-corrected chi connectivity index (χ3v) is 5.51. The van der Waals surface area contributed by atoms with E-state index in [1.54, 1.807) is 17.0 Å². The Hall–Kier alpha value is -0.670. The molecule has 0 aromatic heterocycles. The van der Waals surface area contributed by atoms with E-state index in [1.807, 2.05) is 6.92 Å². The summed E-state index contributed by atoms with van der Waals surface area (Å²) in [5.74, 6) is -0.0223. The summed E-state index contributed by atoms with van der Waals surface area (Å²) >= 11 is 3.25. The normalized spacial score (nSPS) is 18.3. The van der Waals surface area contributed by atoms with Crippen LogP contribution in [0.5, 0.6) is 0 Å². The second-order valence-corrected chi connectivity index (χ2v) is 7.93. The van der Waals surface area contributed by atoms with Crippen LogP contribution in [0, 0.1) is 0 Å². The molecule has 1 aliphatic rings. The summed E-state index contributed by atoms with van der Waals surface area (Å²) in [7, 11) is -3.59. The smallest absolute Gasteiger partial charge is 0.240 e. The number of hydrogen-bond acceptors (Lipinski definition) is 4. The van der Waals surface area contributed by atoms with Crippen LogP contribution in [0.15, 0.2) is 33.6 Å². The lowest BCUT2D eigenvalue weighted by Gasteiger charge is -2.34. The van der Waals surface area contributed by atoms with Gasteiger partial charge in [-0.2, -0.15) is 0 Å². The lowest BCUT2D eigenvalue weighted by atomic mass is 10.2. The molecule has 0 spiro atoms. The summed E-state index contributed by atoms with van der Waals surface area (Å²) in [5, 5.41) is 3.22. The fourth-order valence-electron chi connectivity index (χ4n) is 2.36. The number of rotatable bonds is 5. The topological polar surface area (TPSA) is 78.5 Å². The van der Waals surface area contributed by atoms with Crippen molar-refractivity contribution in [2.75, 3.05) is 26.2 Å². The van der Waals surface area contributed by atoms with Gasteiger partial charge in [0.05, 0.1) is 4.90 Å². The number of nitrogens with zero attached hydrogens (tertiary/aromatic N) is 1. The SMILES string of the molecule is C[C@H]1CNCCN1C(=O)CCNS(=O)(=O)c1cccc(Br)c1.Cl. The number of halogens is 2. The molecule has 130 valence electrons. The Balaban J connectivity index is 0.00000264. The number of piperazine rings is 1. The fraction of sp³-hybridized carbons (Fsp3) is 0.500. The van der Waals surface area contributed by atoms with Gasteiger partial charge in [0.1, 0.15) is 0 Å². The Morgan fingerprint density at radius 2 is 2.22 bits per heavy atom. The fourth-order valence-corrected chi connectivity index (χ4v) is 3.99. The predicted molar refractivity (Wildman–Crippen MR) is 95.2 cm³/mol. The Kier molecular flexibility index (Phi) is 7.96. The molecule has 2 N–H and O–H groups in total. The maximum Gasteiger partial charge on any atom is 0.240 e. The third kappa shape index (κ3) is 5.72. The molecular formula is C14H21BrClN3O3S. The highest BCUT2D eigenvalue weighted by atomic mass is 79.9. The van der Waals surface area contributed by atoms with Crippen LogP contribution >= 0.6 is 28.3 Å². The number of carbonyl (C=O) groups excluding carboxylic acids is 1. The van der Waals surface area contributed by atoms with Crippen LogP contribution in [-0.4, -0.2) is 51.4 Å². The minimum atomic E-state index is -3.59. The minimum Gasteiger partial charge on any atom is -0.337 e. The van der Waals surface area contributed by atoms with Crippen LogP contribution in [0.3, 0.4) is 0 Å². The van der Waals surface area contributed by atoms with Gasteiger partial charge in [-0.15, -0.1) is 12.4 Å². The molecule has 1 atom stereocenters. The van der Waals surface area contributed by atoms with Crippen molar-refractivity contribution in [3.8, 4) is 0 Å². The van der Waals surface area contributed by atoms with Gasteiger partial charge in [0.2, 0.25) is 15.9 Å². The molecule has 0 saturated carbocycles. The molecule has 0 unspecified atom stereocenters. The summed E-state index contributed by atoms with van der Waals surface area (Å²) in [4.78, 5) is 14.1. The van der Waals surface area contributed by atoms with Crippen molar-refractivity contribution in [1.29, 1.82) is 0 Å². The van der Waals surface area contributed by atoms with Gasteiger partial charge in [0, 0.05) is 43.1 Å². The predicted octanol–water partition coefficient (Wildman–Crippen LogP) is 1.36. The van der Waals surface area contributed by atoms with Crippen LogP contribution in [0.1, 0.15) is 13.3 Å². The molecule has 23 heavy (non-hydrogen) atoms. The molecule has 1 aromatic carbocycles.